The van der Waals surface area contributed by atoms with Crippen molar-refractivity contribution in [2.75, 3.05) is 17.2 Å². The molecule has 2 atom stereocenters. The molecule has 0 saturated carbocycles. The fourth-order valence-corrected chi connectivity index (χ4v) is 2.97. The molecule has 3 N–H and O–H groups in total. The molecule has 2 unspecified atom stereocenters. The van der Waals surface area contributed by atoms with Crippen molar-refractivity contribution in [1.29, 1.82) is 0 Å². The van der Waals surface area contributed by atoms with E-state index in [1.54, 1.807) is 37.4 Å². The molecule has 1 aromatic heterocycles. The third-order valence-corrected chi connectivity index (χ3v) is 4.18. The second kappa shape index (κ2) is 6.60. The van der Waals surface area contributed by atoms with Crippen LogP contribution in [-0.4, -0.2) is 33.8 Å². The number of anilines is 2. The maximum Gasteiger partial charge on any atom is 0.222 e. The molecule has 0 bridgehead atoms. The van der Waals surface area contributed by atoms with Crippen LogP contribution >= 0.6 is 11.6 Å². The van der Waals surface area contributed by atoms with Crippen LogP contribution in [0.25, 0.3) is 0 Å². The summed E-state index contributed by atoms with van der Waals surface area (Å²) < 4.78 is 5.90. The number of rotatable bonds is 4. The fraction of sp³-hybridized carbons (Fsp3) is 0.375. The van der Waals surface area contributed by atoms with E-state index < -0.39 is 6.10 Å². The van der Waals surface area contributed by atoms with Crippen LogP contribution in [0.4, 0.5) is 11.8 Å². The first-order chi connectivity index (χ1) is 11.0. The van der Waals surface area contributed by atoms with Gasteiger partial charge in [-0.3, -0.25) is 0 Å². The molecular weight excluding hydrogens is 316 g/mol. The molecule has 7 heteroatoms. The highest BCUT2D eigenvalue weighted by Crippen LogP contribution is 2.35. The van der Waals surface area contributed by atoms with E-state index in [0.717, 1.165) is 19.4 Å². The minimum Gasteiger partial charge on any atom is -0.452 e. The van der Waals surface area contributed by atoms with Gasteiger partial charge in [-0.1, -0.05) is 11.6 Å². The molecule has 0 spiro atoms. The monoisotopic (exact) mass is 334 g/mol. The molecule has 1 aliphatic rings. The zero-order valence-electron chi connectivity index (χ0n) is 12.8. The predicted molar refractivity (Wildman–Crippen MR) is 90.0 cm³/mol. The summed E-state index contributed by atoms with van der Waals surface area (Å²) in [6.45, 7) is 2.58. The van der Waals surface area contributed by atoms with E-state index in [-0.39, 0.29) is 12.0 Å². The summed E-state index contributed by atoms with van der Waals surface area (Å²) in [6, 6.07) is 7.06. The van der Waals surface area contributed by atoms with Crippen LogP contribution in [0.3, 0.4) is 0 Å². The summed E-state index contributed by atoms with van der Waals surface area (Å²) in [7, 11) is 0. The molecule has 1 fully saturated rings. The van der Waals surface area contributed by atoms with Crippen LogP contribution in [-0.2, 0) is 0 Å². The topological polar surface area (TPSA) is 84.5 Å². The van der Waals surface area contributed by atoms with E-state index >= 15 is 0 Å². The van der Waals surface area contributed by atoms with E-state index in [2.05, 4.69) is 9.97 Å². The molecule has 23 heavy (non-hydrogen) atoms. The van der Waals surface area contributed by atoms with Gasteiger partial charge in [0.15, 0.2) is 11.6 Å². The molecule has 1 aromatic carbocycles. The number of hydrogen-bond donors (Lipinski definition) is 2. The maximum atomic E-state index is 9.99. The molecule has 1 saturated heterocycles. The molecule has 1 aliphatic heterocycles. The van der Waals surface area contributed by atoms with Gasteiger partial charge < -0.3 is 20.5 Å². The van der Waals surface area contributed by atoms with Gasteiger partial charge in [0.2, 0.25) is 5.95 Å². The van der Waals surface area contributed by atoms with Crippen LogP contribution in [0.1, 0.15) is 19.8 Å². The van der Waals surface area contributed by atoms with E-state index in [9.17, 15) is 5.11 Å². The van der Waals surface area contributed by atoms with Gasteiger partial charge in [-0.25, -0.2) is 4.98 Å². The highest BCUT2D eigenvalue weighted by molar-refractivity contribution is 6.30. The third-order valence-electron chi connectivity index (χ3n) is 3.92. The lowest BCUT2D eigenvalue weighted by Gasteiger charge is -2.29. The van der Waals surface area contributed by atoms with Gasteiger partial charge in [0, 0.05) is 11.6 Å². The van der Waals surface area contributed by atoms with Crippen LogP contribution in [0.5, 0.6) is 11.5 Å². The molecule has 6 nitrogen and oxygen atoms in total. The highest BCUT2D eigenvalue weighted by atomic mass is 35.5. The Morgan fingerprint density at radius 1 is 1.39 bits per heavy atom. The van der Waals surface area contributed by atoms with Gasteiger partial charge >= 0.3 is 0 Å². The Morgan fingerprint density at radius 2 is 2.13 bits per heavy atom. The van der Waals surface area contributed by atoms with Crippen molar-refractivity contribution >= 4 is 23.4 Å². The highest BCUT2D eigenvalue weighted by Gasteiger charge is 2.31. The number of nitrogen functional groups attached to an aromatic ring is 1. The van der Waals surface area contributed by atoms with Crippen molar-refractivity contribution in [3.8, 4) is 11.5 Å². The standard InChI is InChI=1S/C16H19ClN4O2/c1-10(22)13-3-2-8-21(13)15-14(9-19-16(18)20-15)23-12-6-4-11(17)5-7-12/h4-7,9-10,13,22H,2-3,8H2,1H3,(H2,18,19,20). The van der Waals surface area contributed by atoms with Crippen molar-refractivity contribution < 1.29 is 9.84 Å². The summed E-state index contributed by atoms with van der Waals surface area (Å²) in [4.78, 5) is 10.4. The molecular formula is C16H19ClN4O2. The molecule has 2 aromatic rings. The first kappa shape index (κ1) is 15.8. The van der Waals surface area contributed by atoms with Gasteiger partial charge in [0.05, 0.1) is 18.3 Å². The van der Waals surface area contributed by atoms with Gasteiger partial charge in [0.1, 0.15) is 5.75 Å². The zero-order chi connectivity index (χ0) is 16.4. The van der Waals surface area contributed by atoms with Gasteiger partial charge in [-0.05, 0) is 44.0 Å². The largest absolute Gasteiger partial charge is 0.452 e. The quantitative estimate of drug-likeness (QED) is 0.894. The molecule has 3 rings (SSSR count). The minimum atomic E-state index is -0.461. The Morgan fingerprint density at radius 3 is 2.83 bits per heavy atom. The van der Waals surface area contributed by atoms with Crippen molar-refractivity contribution in [1.82, 2.24) is 9.97 Å². The summed E-state index contributed by atoms with van der Waals surface area (Å²) in [5.41, 5.74) is 5.75. The first-order valence-electron chi connectivity index (χ1n) is 7.55. The van der Waals surface area contributed by atoms with Crippen molar-refractivity contribution in [2.45, 2.75) is 31.9 Å². The van der Waals surface area contributed by atoms with Crippen molar-refractivity contribution in [2.24, 2.45) is 0 Å². The number of nitrogens with zero attached hydrogens (tertiary/aromatic N) is 3. The predicted octanol–water partition coefficient (Wildman–Crippen LogP) is 2.85. The number of hydrogen-bond acceptors (Lipinski definition) is 6. The summed E-state index contributed by atoms with van der Waals surface area (Å²) in [5, 5.41) is 10.6. The molecule has 0 aliphatic carbocycles. The number of aromatic nitrogens is 2. The van der Waals surface area contributed by atoms with Gasteiger partial charge in [-0.15, -0.1) is 0 Å². The summed E-state index contributed by atoms with van der Waals surface area (Å²) >= 11 is 5.89. The molecule has 122 valence electrons. The Balaban J connectivity index is 1.93. The third kappa shape index (κ3) is 3.48. The maximum absolute atomic E-state index is 9.99. The smallest absolute Gasteiger partial charge is 0.222 e. The average molecular weight is 335 g/mol. The Hall–Kier alpha value is -2.05. The lowest BCUT2D eigenvalue weighted by molar-refractivity contribution is 0.164. The summed E-state index contributed by atoms with van der Waals surface area (Å²) in [5.74, 6) is 1.93. The second-order valence-electron chi connectivity index (χ2n) is 5.62. The van der Waals surface area contributed by atoms with Crippen molar-refractivity contribution in [3.05, 3.63) is 35.5 Å². The lowest BCUT2D eigenvalue weighted by atomic mass is 10.1. The average Bonchev–Trinajstić information content (AvgIpc) is 3.01. The lowest BCUT2D eigenvalue weighted by Crippen LogP contribution is -2.38. The fourth-order valence-electron chi connectivity index (χ4n) is 2.84. The number of benzene rings is 1. The Bertz CT molecular complexity index is 678. The number of nitrogens with two attached hydrogens (primary N) is 1. The minimum absolute atomic E-state index is 0.00290. The normalized spacial score (nSPS) is 18.9. The zero-order valence-corrected chi connectivity index (χ0v) is 13.6. The van der Waals surface area contributed by atoms with Gasteiger partial charge in [-0.2, -0.15) is 4.98 Å². The van der Waals surface area contributed by atoms with Crippen LogP contribution in [0.15, 0.2) is 30.5 Å². The first-order valence-corrected chi connectivity index (χ1v) is 7.93. The van der Waals surface area contributed by atoms with E-state index in [4.69, 9.17) is 22.1 Å². The van der Waals surface area contributed by atoms with Crippen LogP contribution in [0, 0.1) is 0 Å². The van der Waals surface area contributed by atoms with Crippen molar-refractivity contribution in [3.63, 3.8) is 0 Å². The second-order valence-corrected chi connectivity index (χ2v) is 6.05. The van der Waals surface area contributed by atoms with Crippen LogP contribution in [0.2, 0.25) is 5.02 Å². The number of aliphatic hydroxyl groups is 1. The van der Waals surface area contributed by atoms with E-state index in [1.807, 2.05) is 4.90 Å². The summed E-state index contributed by atoms with van der Waals surface area (Å²) in [6.07, 6.45) is 2.99. The Kier molecular flexibility index (Phi) is 4.54. The number of halogens is 1. The number of aliphatic hydroxyl groups excluding tert-OH is 1. The van der Waals surface area contributed by atoms with Crippen LogP contribution < -0.4 is 15.4 Å². The molecule has 0 radical (unpaired) electrons. The van der Waals surface area contributed by atoms with Gasteiger partial charge in [0.25, 0.3) is 0 Å². The Labute approximate surface area is 139 Å². The van der Waals surface area contributed by atoms with E-state index in [0.29, 0.717) is 22.3 Å². The molecule has 2 heterocycles. The molecule has 0 amide bonds. The SMILES string of the molecule is CC(O)C1CCCN1c1nc(N)ncc1Oc1ccc(Cl)cc1. The number of ether oxygens (including phenoxy) is 1. The van der Waals surface area contributed by atoms with E-state index in [1.165, 1.54) is 0 Å².